The summed E-state index contributed by atoms with van der Waals surface area (Å²) in [5.41, 5.74) is 4.78. The monoisotopic (exact) mass is 342 g/mol. The van der Waals surface area contributed by atoms with Gasteiger partial charge in [0.2, 0.25) is 5.95 Å². The van der Waals surface area contributed by atoms with Crippen LogP contribution in [0.25, 0.3) is 10.8 Å². The van der Waals surface area contributed by atoms with Gasteiger partial charge in [-0.25, -0.2) is 15.4 Å². The van der Waals surface area contributed by atoms with Crippen LogP contribution in [0.5, 0.6) is 5.75 Å². The Kier molecular flexibility index (Phi) is 4.83. The predicted molar refractivity (Wildman–Crippen MR) is 93.3 cm³/mol. The van der Waals surface area contributed by atoms with Crippen LogP contribution in [0.4, 0.5) is 14.7 Å². The Bertz CT molecular complexity index is 908. The molecule has 128 valence electrons. The number of anilines is 1. The van der Waals surface area contributed by atoms with Crippen LogP contribution in [-0.2, 0) is 0 Å². The van der Waals surface area contributed by atoms with Crippen LogP contribution < -0.4 is 10.2 Å². The zero-order valence-electron chi connectivity index (χ0n) is 13.7. The molecule has 3 rings (SSSR count). The largest absolute Gasteiger partial charge is 0.434 e. The highest BCUT2D eigenvalue weighted by Gasteiger charge is 2.11. The van der Waals surface area contributed by atoms with Gasteiger partial charge in [-0.15, -0.1) is 0 Å². The number of rotatable bonds is 5. The van der Waals surface area contributed by atoms with E-state index >= 15 is 0 Å². The fourth-order valence-electron chi connectivity index (χ4n) is 2.54. The second-order valence-electron chi connectivity index (χ2n) is 5.42. The molecular formula is C18H16F2N4O. The Morgan fingerprint density at radius 3 is 2.52 bits per heavy atom. The van der Waals surface area contributed by atoms with Gasteiger partial charge in [-0.05, 0) is 36.8 Å². The summed E-state index contributed by atoms with van der Waals surface area (Å²) in [4.78, 5) is 8.42. The smallest absolute Gasteiger partial charge is 0.387 e. The molecule has 5 nitrogen and oxygen atoms in total. The molecule has 7 heteroatoms. The lowest BCUT2D eigenvalue weighted by Gasteiger charge is -2.10. The van der Waals surface area contributed by atoms with E-state index in [0.29, 0.717) is 11.5 Å². The van der Waals surface area contributed by atoms with Crippen molar-refractivity contribution in [2.24, 2.45) is 5.10 Å². The lowest BCUT2D eigenvalue weighted by molar-refractivity contribution is -0.0498. The van der Waals surface area contributed by atoms with Crippen molar-refractivity contribution in [3.05, 3.63) is 59.4 Å². The van der Waals surface area contributed by atoms with Crippen molar-refractivity contribution in [2.45, 2.75) is 20.5 Å². The fourth-order valence-corrected chi connectivity index (χ4v) is 2.54. The van der Waals surface area contributed by atoms with E-state index in [0.717, 1.165) is 22.2 Å². The Morgan fingerprint density at radius 2 is 1.80 bits per heavy atom. The van der Waals surface area contributed by atoms with Crippen LogP contribution in [0.2, 0.25) is 0 Å². The molecule has 0 saturated carbocycles. The average molecular weight is 342 g/mol. The van der Waals surface area contributed by atoms with Gasteiger partial charge in [0.25, 0.3) is 0 Å². The van der Waals surface area contributed by atoms with Crippen LogP contribution in [0.3, 0.4) is 0 Å². The molecule has 0 spiro atoms. The molecule has 25 heavy (non-hydrogen) atoms. The molecule has 0 aliphatic heterocycles. The second-order valence-corrected chi connectivity index (χ2v) is 5.42. The second kappa shape index (κ2) is 7.21. The van der Waals surface area contributed by atoms with Crippen molar-refractivity contribution >= 4 is 22.9 Å². The number of nitrogens with one attached hydrogen (secondary N) is 1. The van der Waals surface area contributed by atoms with Gasteiger partial charge in [0.15, 0.2) is 0 Å². The lowest BCUT2D eigenvalue weighted by atomic mass is 10.0. The van der Waals surface area contributed by atoms with Crippen molar-refractivity contribution in [1.29, 1.82) is 0 Å². The first kappa shape index (κ1) is 16.8. The van der Waals surface area contributed by atoms with Gasteiger partial charge in [-0.1, -0.05) is 30.3 Å². The number of nitrogens with zero attached hydrogens (tertiary/aromatic N) is 3. The Morgan fingerprint density at radius 1 is 1.08 bits per heavy atom. The third-order valence-electron chi connectivity index (χ3n) is 3.49. The summed E-state index contributed by atoms with van der Waals surface area (Å²) in [5.74, 6) is 0.394. The van der Waals surface area contributed by atoms with Crippen molar-refractivity contribution < 1.29 is 13.5 Å². The molecule has 0 radical (unpaired) electrons. The number of benzene rings is 2. The van der Waals surface area contributed by atoms with Gasteiger partial charge in [-0.3, -0.25) is 0 Å². The number of hydrogen-bond donors (Lipinski definition) is 1. The highest BCUT2D eigenvalue weighted by Crippen LogP contribution is 2.27. The summed E-state index contributed by atoms with van der Waals surface area (Å²) < 4.78 is 30.0. The number of halogens is 2. The molecular weight excluding hydrogens is 326 g/mol. The highest BCUT2D eigenvalue weighted by atomic mass is 19.3. The van der Waals surface area contributed by atoms with Gasteiger partial charge in [0.05, 0.1) is 6.21 Å². The topological polar surface area (TPSA) is 59.4 Å². The Hall–Kier alpha value is -3.09. The first-order valence-corrected chi connectivity index (χ1v) is 7.61. The minimum Gasteiger partial charge on any atom is -0.434 e. The molecule has 3 aromatic rings. The van der Waals surface area contributed by atoms with Gasteiger partial charge in [-0.2, -0.15) is 13.9 Å². The third-order valence-corrected chi connectivity index (χ3v) is 3.49. The van der Waals surface area contributed by atoms with Crippen molar-refractivity contribution in [3.8, 4) is 5.75 Å². The standard InChI is InChI=1S/C18H16F2N4O/c1-11-9-12(2)23-18(22-11)24-21-10-15-14-6-4-3-5-13(14)7-8-16(15)25-17(19)20/h3-10,17H,1-2H3,(H,22,23,24)/b21-10-. The summed E-state index contributed by atoms with van der Waals surface area (Å²) >= 11 is 0. The molecule has 1 N–H and O–H groups in total. The van der Waals surface area contributed by atoms with E-state index in [9.17, 15) is 8.78 Å². The molecule has 0 unspecified atom stereocenters. The van der Waals surface area contributed by atoms with Gasteiger partial charge in [0, 0.05) is 17.0 Å². The first-order chi connectivity index (χ1) is 12.0. The summed E-state index contributed by atoms with van der Waals surface area (Å²) in [6.07, 6.45) is 1.43. The minimum absolute atomic E-state index is 0.0561. The molecule has 0 amide bonds. The number of aryl methyl sites for hydroxylation is 2. The minimum atomic E-state index is -2.91. The van der Waals surface area contributed by atoms with Crippen LogP contribution in [-0.4, -0.2) is 22.8 Å². The maximum absolute atomic E-state index is 12.7. The average Bonchev–Trinajstić information content (AvgIpc) is 2.55. The van der Waals surface area contributed by atoms with E-state index in [1.807, 2.05) is 44.2 Å². The Labute approximate surface area is 143 Å². The number of hydrogen-bond acceptors (Lipinski definition) is 5. The highest BCUT2D eigenvalue weighted by molar-refractivity contribution is 6.02. The SMILES string of the molecule is Cc1cc(C)nc(N/N=C\c2c(OC(F)F)ccc3ccccc23)n1. The summed E-state index contributed by atoms with van der Waals surface area (Å²) in [5, 5.41) is 5.74. The maximum atomic E-state index is 12.7. The maximum Gasteiger partial charge on any atom is 0.387 e. The molecule has 0 aliphatic carbocycles. The number of hydrazone groups is 1. The first-order valence-electron chi connectivity index (χ1n) is 7.61. The molecule has 0 aliphatic rings. The van der Waals surface area contributed by atoms with E-state index in [2.05, 4.69) is 25.2 Å². The molecule has 0 bridgehead atoms. The van der Waals surface area contributed by atoms with Crippen molar-refractivity contribution in [2.75, 3.05) is 5.43 Å². The fraction of sp³-hybridized carbons (Fsp3) is 0.167. The van der Waals surface area contributed by atoms with E-state index in [-0.39, 0.29) is 5.75 Å². The molecule has 2 aromatic carbocycles. The summed E-state index contributed by atoms with van der Waals surface area (Å²) in [6, 6.07) is 12.5. The van der Waals surface area contributed by atoms with Gasteiger partial charge < -0.3 is 4.74 Å². The van der Waals surface area contributed by atoms with Crippen molar-refractivity contribution in [3.63, 3.8) is 0 Å². The number of fused-ring (bicyclic) bond motifs is 1. The quantitative estimate of drug-likeness (QED) is 0.555. The third kappa shape index (κ3) is 4.06. The molecule has 1 heterocycles. The van der Waals surface area contributed by atoms with E-state index < -0.39 is 6.61 Å². The molecule has 0 atom stereocenters. The van der Waals surface area contributed by atoms with Crippen molar-refractivity contribution in [1.82, 2.24) is 9.97 Å². The van der Waals surface area contributed by atoms with E-state index in [4.69, 9.17) is 0 Å². The van der Waals surface area contributed by atoms with Gasteiger partial charge >= 0.3 is 6.61 Å². The molecule has 0 saturated heterocycles. The zero-order valence-corrected chi connectivity index (χ0v) is 13.7. The van der Waals surface area contributed by atoms with Crippen LogP contribution in [0, 0.1) is 13.8 Å². The zero-order chi connectivity index (χ0) is 17.8. The summed E-state index contributed by atoms with van der Waals surface area (Å²) in [7, 11) is 0. The number of aromatic nitrogens is 2. The summed E-state index contributed by atoms with van der Waals surface area (Å²) in [6.45, 7) is 0.787. The van der Waals surface area contributed by atoms with E-state index in [1.165, 1.54) is 12.3 Å². The lowest BCUT2D eigenvalue weighted by Crippen LogP contribution is -2.05. The van der Waals surface area contributed by atoms with E-state index in [1.54, 1.807) is 6.07 Å². The number of alkyl halides is 2. The molecule has 1 aromatic heterocycles. The molecule has 0 fully saturated rings. The Balaban J connectivity index is 1.95. The van der Waals surface area contributed by atoms with Gasteiger partial charge in [0.1, 0.15) is 5.75 Å². The predicted octanol–water partition coefficient (Wildman–Crippen LogP) is 4.29. The van der Waals surface area contributed by atoms with Crippen LogP contribution >= 0.6 is 0 Å². The van der Waals surface area contributed by atoms with Crippen LogP contribution in [0.1, 0.15) is 17.0 Å². The normalized spacial score (nSPS) is 11.4. The number of ether oxygens (including phenoxy) is 1. The van der Waals surface area contributed by atoms with Crippen LogP contribution in [0.15, 0.2) is 47.6 Å².